The van der Waals surface area contributed by atoms with Crippen LogP contribution >= 0.6 is 0 Å². The zero-order valence-electron chi connectivity index (χ0n) is 41.7. The number of hydrogen-bond donors (Lipinski definition) is 2. The van der Waals surface area contributed by atoms with Crippen molar-refractivity contribution in [3.8, 4) is 0 Å². The number of aliphatic carboxylic acids is 2. The Hall–Kier alpha value is -3.66. The van der Waals surface area contributed by atoms with Crippen molar-refractivity contribution in [3.63, 3.8) is 0 Å². The second-order valence-corrected chi connectivity index (χ2v) is 17.3. The minimum Gasteiger partial charge on any atom is -0.481 e. The summed E-state index contributed by atoms with van der Waals surface area (Å²) in [6.45, 7) is 12.9. The molecule has 2 atom stereocenters. The van der Waals surface area contributed by atoms with Crippen molar-refractivity contribution in [2.24, 2.45) is 0 Å². The second kappa shape index (κ2) is 45.1. The van der Waals surface area contributed by atoms with Crippen molar-refractivity contribution in [1.29, 1.82) is 0 Å². The Labute approximate surface area is 397 Å². The van der Waals surface area contributed by atoms with E-state index >= 15 is 0 Å². The topological polar surface area (TPSA) is 205 Å². The predicted molar refractivity (Wildman–Crippen MR) is 254 cm³/mol. The van der Waals surface area contributed by atoms with Gasteiger partial charge >= 0.3 is 36.2 Å². The minimum atomic E-state index is -0.947. The first-order valence-corrected chi connectivity index (χ1v) is 25.8. The van der Waals surface area contributed by atoms with Gasteiger partial charge in [0.2, 0.25) is 0 Å². The van der Waals surface area contributed by atoms with E-state index in [0.29, 0.717) is 84.2 Å². The maximum Gasteiger partial charge on any atom is 0.508 e. The molecule has 0 aromatic rings. The van der Waals surface area contributed by atoms with Crippen LogP contribution in [0.1, 0.15) is 207 Å². The van der Waals surface area contributed by atoms with Crippen LogP contribution in [0.5, 0.6) is 0 Å². The number of carboxylic acid groups (broad SMARTS) is 2. The molecule has 0 radical (unpaired) electrons. The Bertz CT molecular complexity index is 1150. The van der Waals surface area contributed by atoms with Crippen molar-refractivity contribution < 1.29 is 67.4 Å². The summed E-state index contributed by atoms with van der Waals surface area (Å²) in [5, 5.41) is 18.3. The number of unbranched alkanes of at least 4 members (excludes halogenated alkanes) is 14. The molecule has 0 rings (SSSR count). The molecular formula is C50H92N2O14. The maximum atomic E-state index is 12.8. The number of carbonyl (C=O) groups is 6. The number of ether oxygens (including phenoxy) is 6. The first-order chi connectivity index (χ1) is 31.9. The third kappa shape index (κ3) is 41.7. The van der Waals surface area contributed by atoms with Crippen LogP contribution in [0.2, 0.25) is 0 Å². The van der Waals surface area contributed by atoms with E-state index in [9.17, 15) is 28.8 Å². The van der Waals surface area contributed by atoms with Gasteiger partial charge in [-0.1, -0.05) is 118 Å². The zero-order chi connectivity index (χ0) is 48.9. The molecule has 16 nitrogen and oxygen atoms in total. The summed E-state index contributed by atoms with van der Waals surface area (Å²) in [7, 11) is 0. The lowest BCUT2D eigenvalue weighted by atomic mass is 10.1. The van der Waals surface area contributed by atoms with Crippen molar-refractivity contribution in [2.75, 3.05) is 65.7 Å². The normalized spacial score (nSPS) is 12.2. The molecule has 386 valence electrons. The third-order valence-corrected chi connectivity index (χ3v) is 11.6. The standard InChI is InChI=1S/C50H92N2O14/c1-5-9-11-13-15-17-19-21-39-61-47(57)33-25-29-43(27-23-31-45(53)54)65-49(59)63-41-37-52(36-35-51(7-3)8-4)38-42-64-50(60)66-44(28-24-32-46(55)56)30-26-34-48(58)62-40-22-20-18-16-14-12-10-6-2/h43-44H,5-42H2,1-4H3,(H,53,54)(H,55,56). The summed E-state index contributed by atoms with van der Waals surface area (Å²) in [6, 6.07) is 0. The summed E-state index contributed by atoms with van der Waals surface area (Å²) in [5.74, 6) is -2.50. The van der Waals surface area contributed by atoms with Crippen LogP contribution in [0.15, 0.2) is 0 Å². The monoisotopic (exact) mass is 945 g/mol. The van der Waals surface area contributed by atoms with Crippen LogP contribution in [0.3, 0.4) is 0 Å². The molecular weight excluding hydrogens is 853 g/mol. The average molecular weight is 945 g/mol. The number of hydrogen-bond acceptors (Lipinski definition) is 14. The van der Waals surface area contributed by atoms with Crippen molar-refractivity contribution in [2.45, 2.75) is 220 Å². The molecule has 66 heavy (non-hydrogen) atoms. The molecule has 16 heteroatoms. The van der Waals surface area contributed by atoms with Gasteiger partial charge in [-0.25, -0.2) is 9.59 Å². The van der Waals surface area contributed by atoms with Gasteiger partial charge in [0.25, 0.3) is 0 Å². The molecule has 2 unspecified atom stereocenters. The summed E-state index contributed by atoms with van der Waals surface area (Å²) < 4.78 is 32.8. The van der Waals surface area contributed by atoms with E-state index in [4.69, 9.17) is 38.6 Å². The average Bonchev–Trinajstić information content (AvgIpc) is 3.27. The van der Waals surface area contributed by atoms with E-state index in [0.717, 1.165) is 58.2 Å². The Balaban J connectivity index is 4.97. The molecule has 0 spiro atoms. The fraction of sp³-hybridized carbons (Fsp3) is 0.880. The van der Waals surface area contributed by atoms with Gasteiger partial charge in [-0.3, -0.25) is 24.1 Å². The maximum absolute atomic E-state index is 12.8. The molecule has 0 aliphatic rings. The molecule has 2 N–H and O–H groups in total. The highest BCUT2D eigenvalue weighted by atomic mass is 16.7. The van der Waals surface area contributed by atoms with Crippen molar-refractivity contribution >= 4 is 36.2 Å². The number of esters is 2. The Morgan fingerprint density at radius 2 is 0.712 bits per heavy atom. The highest BCUT2D eigenvalue weighted by molar-refractivity contribution is 5.69. The molecule has 0 bridgehead atoms. The molecule has 0 fully saturated rings. The van der Waals surface area contributed by atoms with E-state index in [1.54, 1.807) is 0 Å². The number of nitrogens with zero attached hydrogens (tertiary/aromatic N) is 2. The number of carboxylic acids is 2. The molecule has 0 aliphatic heterocycles. The van der Waals surface area contributed by atoms with E-state index < -0.39 is 36.5 Å². The van der Waals surface area contributed by atoms with Crippen LogP contribution in [0.4, 0.5) is 9.59 Å². The molecule has 0 saturated carbocycles. The largest absolute Gasteiger partial charge is 0.508 e. The van der Waals surface area contributed by atoms with Crippen molar-refractivity contribution in [1.82, 2.24) is 9.80 Å². The Kier molecular flexibility index (Phi) is 42.6. The molecule has 0 aromatic heterocycles. The number of likely N-dealkylation sites (N-methyl/N-ethyl adjacent to an activating group) is 1. The lowest BCUT2D eigenvalue weighted by Gasteiger charge is -2.26. The lowest BCUT2D eigenvalue weighted by Crippen LogP contribution is -2.39. The quantitative estimate of drug-likeness (QED) is 0.0331. The Morgan fingerprint density at radius 3 is 1.06 bits per heavy atom. The van der Waals surface area contributed by atoms with Gasteiger partial charge in [-0.15, -0.1) is 0 Å². The predicted octanol–water partition coefficient (Wildman–Crippen LogP) is 10.9. The summed E-state index contributed by atoms with van der Waals surface area (Å²) in [6.07, 6.45) is 18.3. The van der Waals surface area contributed by atoms with Crippen LogP contribution in [0, 0.1) is 0 Å². The van der Waals surface area contributed by atoms with E-state index in [1.807, 2.05) is 4.90 Å². The highest BCUT2D eigenvalue weighted by Gasteiger charge is 2.20. The van der Waals surface area contributed by atoms with Gasteiger partial charge < -0.3 is 43.5 Å². The molecule has 0 heterocycles. The van der Waals surface area contributed by atoms with Crippen LogP contribution < -0.4 is 0 Å². The van der Waals surface area contributed by atoms with Crippen LogP contribution in [-0.2, 0) is 47.6 Å². The summed E-state index contributed by atoms with van der Waals surface area (Å²) >= 11 is 0. The van der Waals surface area contributed by atoms with Crippen molar-refractivity contribution in [3.05, 3.63) is 0 Å². The van der Waals surface area contributed by atoms with E-state index in [-0.39, 0.29) is 50.8 Å². The van der Waals surface area contributed by atoms with E-state index in [1.165, 1.54) is 64.2 Å². The first-order valence-electron chi connectivity index (χ1n) is 25.8. The van der Waals surface area contributed by atoms with Gasteiger partial charge in [0.1, 0.15) is 25.4 Å². The van der Waals surface area contributed by atoms with E-state index in [2.05, 4.69) is 32.6 Å². The number of carbonyl (C=O) groups excluding carboxylic acids is 4. The molecule has 0 amide bonds. The van der Waals surface area contributed by atoms with Gasteiger partial charge in [0, 0.05) is 51.9 Å². The smallest absolute Gasteiger partial charge is 0.481 e. The SMILES string of the molecule is CCCCCCCCCCOC(=O)CCCC(CCCC(=O)O)OC(=O)OCCN(CCOC(=O)OC(CCCC(=O)O)CCCC(=O)OCCCCCCCCCC)CCN(CC)CC. The Morgan fingerprint density at radius 1 is 0.379 bits per heavy atom. The van der Waals surface area contributed by atoms with Gasteiger partial charge in [-0.05, 0) is 77.3 Å². The minimum absolute atomic E-state index is 0.0122. The van der Waals surface area contributed by atoms with Gasteiger partial charge in [0.05, 0.1) is 13.2 Å². The highest BCUT2D eigenvalue weighted by Crippen LogP contribution is 2.17. The molecule has 0 saturated heterocycles. The third-order valence-electron chi connectivity index (χ3n) is 11.6. The van der Waals surface area contributed by atoms with Gasteiger partial charge in [0.15, 0.2) is 0 Å². The first kappa shape index (κ1) is 62.3. The van der Waals surface area contributed by atoms with Crippen LogP contribution in [0.25, 0.3) is 0 Å². The zero-order valence-corrected chi connectivity index (χ0v) is 41.7. The fourth-order valence-electron chi connectivity index (χ4n) is 7.44. The lowest BCUT2D eigenvalue weighted by molar-refractivity contribution is -0.145. The van der Waals surface area contributed by atoms with Crippen LogP contribution in [-0.4, -0.2) is 134 Å². The molecule has 0 aliphatic carbocycles. The molecule has 0 aromatic carbocycles. The summed E-state index contributed by atoms with van der Waals surface area (Å²) in [4.78, 5) is 76.8. The summed E-state index contributed by atoms with van der Waals surface area (Å²) in [5.41, 5.74) is 0. The fourth-order valence-corrected chi connectivity index (χ4v) is 7.44. The van der Waals surface area contributed by atoms with Gasteiger partial charge in [-0.2, -0.15) is 0 Å². The number of rotatable bonds is 47. The second-order valence-electron chi connectivity index (χ2n) is 17.3.